The Morgan fingerprint density at radius 2 is 2.15 bits per heavy atom. The smallest absolute Gasteiger partial charge is 0.171 e. The Labute approximate surface area is 80.9 Å². The largest absolute Gasteiger partial charge is 0.209 e. The fourth-order valence-electron chi connectivity index (χ4n) is 0.985. The maximum absolute atomic E-state index is 13.2. The second-order valence-corrected chi connectivity index (χ2v) is 4.24. The lowest BCUT2D eigenvalue weighted by Gasteiger charge is -2.02. The van der Waals surface area contributed by atoms with Gasteiger partial charge in [0, 0.05) is 6.42 Å². The fraction of sp³-hybridized carbons (Fsp3) is 0.400. The van der Waals surface area contributed by atoms with Crippen LogP contribution >= 0.6 is 11.3 Å². The molecule has 0 radical (unpaired) electrons. The number of rotatable bonds is 3. The monoisotopic (exact) mass is 202 g/mol. The van der Waals surface area contributed by atoms with E-state index in [-0.39, 0.29) is 12.3 Å². The van der Waals surface area contributed by atoms with Crippen LogP contribution in [0.15, 0.2) is 23.3 Å². The molecule has 1 aromatic heterocycles. The Morgan fingerprint density at radius 1 is 1.46 bits per heavy atom. The predicted molar refractivity (Wildman–Crippen MR) is 52.9 cm³/mol. The summed E-state index contributed by atoms with van der Waals surface area (Å²) in [5, 5.41) is 1.73. The highest BCUT2D eigenvalue weighted by molar-refractivity contribution is 7.11. The average Bonchev–Trinajstić information content (AvgIpc) is 2.53. The summed E-state index contributed by atoms with van der Waals surface area (Å²) in [6, 6.07) is 3.29. The van der Waals surface area contributed by atoms with Crippen molar-refractivity contribution in [1.82, 2.24) is 0 Å². The van der Waals surface area contributed by atoms with Crippen molar-refractivity contribution in [2.75, 3.05) is 0 Å². The minimum absolute atomic E-state index is 0.144. The van der Waals surface area contributed by atoms with Crippen LogP contribution in [-0.4, -0.2) is 0 Å². The van der Waals surface area contributed by atoms with E-state index >= 15 is 0 Å². The van der Waals surface area contributed by atoms with E-state index in [9.17, 15) is 8.78 Å². The highest BCUT2D eigenvalue weighted by Crippen LogP contribution is 2.28. The maximum Gasteiger partial charge on any atom is 0.171 e. The van der Waals surface area contributed by atoms with Crippen LogP contribution in [0.25, 0.3) is 5.83 Å². The van der Waals surface area contributed by atoms with E-state index in [1.54, 1.807) is 17.5 Å². The molecule has 0 spiro atoms. The van der Waals surface area contributed by atoms with Crippen molar-refractivity contribution in [2.45, 2.75) is 20.3 Å². The minimum Gasteiger partial charge on any atom is -0.209 e. The second kappa shape index (κ2) is 4.51. The third-order valence-corrected chi connectivity index (χ3v) is 2.43. The molecule has 0 saturated carbocycles. The molecular formula is C10H12F2S. The summed E-state index contributed by atoms with van der Waals surface area (Å²) >= 11 is 1.21. The predicted octanol–water partition coefficient (Wildman–Crippen LogP) is 4.40. The highest BCUT2D eigenvalue weighted by Gasteiger charge is 2.10. The SMILES string of the molecule is CC(C)C/C(F)=C(\F)c1cccs1. The molecule has 1 aromatic rings. The molecule has 13 heavy (non-hydrogen) atoms. The average molecular weight is 202 g/mol. The van der Waals surface area contributed by atoms with E-state index in [0.717, 1.165) is 0 Å². The zero-order valence-electron chi connectivity index (χ0n) is 7.68. The first kappa shape index (κ1) is 10.4. The van der Waals surface area contributed by atoms with Crippen LogP contribution in [0, 0.1) is 5.92 Å². The molecule has 0 atom stereocenters. The first-order valence-corrected chi connectivity index (χ1v) is 5.07. The molecule has 0 aliphatic carbocycles. The molecule has 1 rings (SSSR count). The van der Waals surface area contributed by atoms with Crippen LogP contribution in [0.4, 0.5) is 8.78 Å². The van der Waals surface area contributed by atoms with E-state index in [4.69, 9.17) is 0 Å². The van der Waals surface area contributed by atoms with Gasteiger partial charge in [-0.05, 0) is 17.4 Å². The summed E-state index contributed by atoms with van der Waals surface area (Å²) in [4.78, 5) is 0.373. The van der Waals surface area contributed by atoms with Crippen molar-refractivity contribution in [3.8, 4) is 0 Å². The highest BCUT2D eigenvalue weighted by atomic mass is 32.1. The Morgan fingerprint density at radius 3 is 2.62 bits per heavy atom. The number of hydrogen-bond donors (Lipinski definition) is 0. The van der Waals surface area contributed by atoms with Crippen LogP contribution in [0.3, 0.4) is 0 Å². The molecule has 0 aromatic carbocycles. The molecule has 3 heteroatoms. The Balaban J connectivity index is 2.80. The van der Waals surface area contributed by atoms with Gasteiger partial charge in [-0.25, -0.2) is 8.78 Å². The fourth-order valence-corrected chi connectivity index (χ4v) is 1.66. The summed E-state index contributed by atoms with van der Waals surface area (Å²) in [7, 11) is 0. The van der Waals surface area contributed by atoms with Crippen LogP contribution in [0.5, 0.6) is 0 Å². The number of hydrogen-bond acceptors (Lipinski definition) is 1. The van der Waals surface area contributed by atoms with Gasteiger partial charge in [0.1, 0.15) is 5.83 Å². The van der Waals surface area contributed by atoms with Gasteiger partial charge in [0.25, 0.3) is 0 Å². The van der Waals surface area contributed by atoms with Crippen molar-refractivity contribution < 1.29 is 8.78 Å². The molecule has 0 saturated heterocycles. The summed E-state index contributed by atoms with van der Waals surface area (Å²) < 4.78 is 26.4. The van der Waals surface area contributed by atoms with Crippen molar-refractivity contribution in [2.24, 2.45) is 5.92 Å². The van der Waals surface area contributed by atoms with E-state index in [1.807, 2.05) is 13.8 Å². The minimum atomic E-state index is -0.705. The van der Waals surface area contributed by atoms with Gasteiger partial charge in [-0.2, -0.15) is 0 Å². The summed E-state index contributed by atoms with van der Waals surface area (Å²) in [5.41, 5.74) is 0. The van der Waals surface area contributed by atoms with Gasteiger partial charge in [0.05, 0.1) is 4.88 Å². The molecule has 0 aliphatic rings. The van der Waals surface area contributed by atoms with E-state index < -0.39 is 11.7 Å². The molecule has 0 aliphatic heterocycles. The number of thiophene rings is 1. The van der Waals surface area contributed by atoms with Crippen LogP contribution in [0.1, 0.15) is 25.1 Å². The van der Waals surface area contributed by atoms with E-state index in [1.165, 1.54) is 11.3 Å². The molecule has 1 heterocycles. The van der Waals surface area contributed by atoms with Crippen molar-refractivity contribution in [3.05, 3.63) is 28.2 Å². The third kappa shape index (κ3) is 2.92. The molecule has 0 amide bonds. The van der Waals surface area contributed by atoms with Gasteiger partial charge in [-0.1, -0.05) is 19.9 Å². The van der Waals surface area contributed by atoms with Gasteiger partial charge < -0.3 is 0 Å². The second-order valence-electron chi connectivity index (χ2n) is 3.29. The molecular weight excluding hydrogens is 190 g/mol. The lowest BCUT2D eigenvalue weighted by Crippen LogP contribution is -1.88. The van der Waals surface area contributed by atoms with E-state index in [0.29, 0.717) is 4.88 Å². The zero-order chi connectivity index (χ0) is 9.84. The number of halogens is 2. The first-order chi connectivity index (χ1) is 6.11. The Bertz CT molecular complexity index is 286. The van der Waals surface area contributed by atoms with Gasteiger partial charge >= 0.3 is 0 Å². The molecule has 0 N–H and O–H groups in total. The van der Waals surface area contributed by atoms with Crippen molar-refractivity contribution in [3.63, 3.8) is 0 Å². The van der Waals surface area contributed by atoms with Gasteiger partial charge in [-0.3, -0.25) is 0 Å². The molecule has 72 valence electrons. The maximum atomic E-state index is 13.2. The topological polar surface area (TPSA) is 0 Å². The summed E-state index contributed by atoms with van der Waals surface area (Å²) in [6.45, 7) is 3.72. The van der Waals surface area contributed by atoms with Crippen molar-refractivity contribution in [1.29, 1.82) is 0 Å². The third-order valence-electron chi connectivity index (χ3n) is 1.56. The molecule has 0 nitrogen and oxygen atoms in total. The zero-order valence-corrected chi connectivity index (χ0v) is 8.50. The van der Waals surface area contributed by atoms with Crippen LogP contribution < -0.4 is 0 Å². The summed E-state index contributed by atoms with van der Waals surface area (Å²) in [6.07, 6.45) is 0.170. The van der Waals surface area contributed by atoms with Gasteiger partial charge in [0.15, 0.2) is 5.83 Å². The van der Waals surface area contributed by atoms with Crippen LogP contribution in [0.2, 0.25) is 0 Å². The normalized spacial score (nSPS) is 13.3. The van der Waals surface area contributed by atoms with Gasteiger partial charge in [0.2, 0.25) is 0 Å². The van der Waals surface area contributed by atoms with Crippen LogP contribution in [-0.2, 0) is 0 Å². The standard InChI is InChI=1S/C10H12F2S/c1-7(2)6-8(11)10(12)9-4-3-5-13-9/h3-5,7H,6H2,1-2H3/b10-8+. The summed E-state index contributed by atoms with van der Waals surface area (Å²) in [5.74, 6) is -1.20. The quantitative estimate of drug-likeness (QED) is 0.681. The molecule has 0 bridgehead atoms. The molecule has 0 fully saturated rings. The molecule has 0 unspecified atom stereocenters. The van der Waals surface area contributed by atoms with Gasteiger partial charge in [-0.15, -0.1) is 11.3 Å². The Hall–Kier alpha value is -0.700. The lowest BCUT2D eigenvalue weighted by molar-refractivity contribution is 0.503. The first-order valence-electron chi connectivity index (χ1n) is 4.19. The van der Waals surface area contributed by atoms with Crippen molar-refractivity contribution >= 4 is 17.2 Å². The lowest BCUT2D eigenvalue weighted by atomic mass is 10.1. The van der Waals surface area contributed by atoms with E-state index in [2.05, 4.69) is 0 Å². The Kier molecular flexibility index (Phi) is 3.60. The number of allylic oxidation sites excluding steroid dienone is 1.